The highest BCUT2D eigenvalue weighted by Gasteiger charge is 2.38. The summed E-state index contributed by atoms with van der Waals surface area (Å²) >= 11 is 0. The number of hydrogen-bond donors (Lipinski definition) is 4. The number of aromatic hydroxyl groups is 1. The Morgan fingerprint density at radius 3 is 2.37 bits per heavy atom. The van der Waals surface area contributed by atoms with Crippen LogP contribution in [-0.4, -0.2) is 43.8 Å². The summed E-state index contributed by atoms with van der Waals surface area (Å²) in [5.74, 6) is -2.45. The zero-order valence-corrected chi connectivity index (χ0v) is 15.7. The van der Waals surface area contributed by atoms with Crippen molar-refractivity contribution in [2.45, 2.75) is 31.6 Å². The van der Waals surface area contributed by atoms with Crippen molar-refractivity contribution < 1.29 is 28.2 Å². The number of nitrogens with zero attached hydrogens (tertiary/aromatic N) is 1. The van der Waals surface area contributed by atoms with Crippen LogP contribution in [0.2, 0.25) is 0 Å². The highest BCUT2D eigenvalue weighted by molar-refractivity contribution is 5.75. The van der Waals surface area contributed by atoms with Gasteiger partial charge in [0.1, 0.15) is 5.75 Å². The number of H-pyrrole nitrogens is 2. The number of rotatable bonds is 3. The van der Waals surface area contributed by atoms with E-state index < -0.39 is 12.1 Å². The van der Waals surface area contributed by atoms with Gasteiger partial charge in [0.2, 0.25) is 0 Å². The van der Waals surface area contributed by atoms with Crippen LogP contribution in [0.1, 0.15) is 30.0 Å². The number of phenols is 1. The van der Waals surface area contributed by atoms with Crippen molar-refractivity contribution in [3.05, 3.63) is 64.1 Å². The highest BCUT2D eigenvalue weighted by Crippen LogP contribution is 2.34. The van der Waals surface area contributed by atoms with Gasteiger partial charge in [0.15, 0.2) is 0 Å². The predicted molar refractivity (Wildman–Crippen MR) is 103 cm³/mol. The molecule has 1 fully saturated rings. The number of aromatic nitrogens is 2. The minimum absolute atomic E-state index is 0.166. The van der Waals surface area contributed by atoms with E-state index in [9.17, 15) is 23.1 Å². The molecule has 1 saturated heterocycles. The molecule has 0 saturated carbocycles. The third-order valence-corrected chi connectivity index (χ3v) is 4.85. The maximum atomic E-state index is 11.4. The van der Waals surface area contributed by atoms with Crippen molar-refractivity contribution in [3.63, 3.8) is 0 Å². The first-order valence-electron chi connectivity index (χ1n) is 9.17. The van der Waals surface area contributed by atoms with E-state index >= 15 is 0 Å². The third kappa shape index (κ3) is 5.20. The molecule has 0 spiro atoms. The van der Waals surface area contributed by atoms with Gasteiger partial charge in [-0.2, -0.15) is 13.2 Å². The third-order valence-electron chi connectivity index (χ3n) is 4.85. The van der Waals surface area contributed by atoms with Gasteiger partial charge >= 0.3 is 17.8 Å². The van der Waals surface area contributed by atoms with Gasteiger partial charge in [0.25, 0.3) is 0 Å². The van der Waals surface area contributed by atoms with Crippen LogP contribution in [-0.2, 0) is 11.3 Å². The van der Waals surface area contributed by atoms with E-state index in [2.05, 4.69) is 20.9 Å². The van der Waals surface area contributed by atoms with E-state index in [4.69, 9.17) is 9.90 Å². The number of likely N-dealkylation sites (tertiary alicyclic amines) is 1. The molecule has 1 aromatic heterocycles. The molecule has 0 aliphatic carbocycles. The number of hydrogen-bond acceptors (Lipinski definition) is 4. The van der Waals surface area contributed by atoms with Gasteiger partial charge in [-0.1, -0.05) is 18.2 Å². The van der Waals surface area contributed by atoms with Crippen LogP contribution in [0.3, 0.4) is 0 Å². The minimum Gasteiger partial charge on any atom is -0.508 e. The first-order chi connectivity index (χ1) is 14.1. The molecule has 1 aliphatic rings. The van der Waals surface area contributed by atoms with E-state index in [0.717, 1.165) is 30.5 Å². The monoisotopic (exact) mass is 423 g/mol. The smallest absolute Gasteiger partial charge is 0.490 e. The Morgan fingerprint density at radius 2 is 1.73 bits per heavy atom. The molecule has 2 heterocycles. The summed E-state index contributed by atoms with van der Waals surface area (Å²) < 4.78 is 31.7. The van der Waals surface area contributed by atoms with E-state index in [1.165, 1.54) is 17.5 Å². The second-order valence-electron chi connectivity index (χ2n) is 6.98. The van der Waals surface area contributed by atoms with E-state index in [1.54, 1.807) is 12.1 Å². The lowest BCUT2D eigenvalue weighted by Crippen LogP contribution is -2.22. The number of alkyl halides is 3. The largest absolute Gasteiger partial charge is 0.508 e. The number of carboxylic acid groups (broad SMARTS) is 1. The fraction of sp³-hybridized carbons (Fsp3) is 0.300. The first kappa shape index (κ1) is 21.4. The summed E-state index contributed by atoms with van der Waals surface area (Å²) in [5, 5.41) is 16.6. The van der Waals surface area contributed by atoms with Crippen LogP contribution in [0, 0.1) is 0 Å². The van der Waals surface area contributed by atoms with Gasteiger partial charge in [0, 0.05) is 12.6 Å². The van der Waals surface area contributed by atoms with Gasteiger partial charge in [-0.15, -0.1) is 0 Å². The number of phenolic OH excluding ortho intramolecular Hbond substituents is 1. The maximum Gasteiger partial charge on any atom is 0.490 e. The van der Waals surface area contributed by atoms with Gasteiger partial charge < -0.3 is 20.2 Å². The van der Waals surface area contributed by atoms with E-state index in [-0.39, 0.29) is 5.69 Å². The van der Waals surface area contributed by atoms with Crippen molar-refractivity contribution in [2.24, 2.45) is 0 Å². The molecule has 1 atom stereocenters. The lowest BCUT2D eigenvalue weighted by molar-refractivity contribution is -0.192. The molecule has 0 radical (unpaired) electrons. The number of fused-ring (bicyclic) bond motifs is 1. The first-order valence-corrected chi connectivity index (χ1v) is 9.17. The van der Waals surface area contributed by atoms with Crippen LogP contribution in [0.15, 0.2) is 47.3 Å². The molecule has 0 amide bonds. The Balaban J connectivity index is 0.000000318. The lowest BCUT2D eigenvalue weighted by Gasteiger charge is -2.25. The van der Waals surface area contributed by atoms with Crippen molar-refractivity contribution in [1.82, 2.24) is 14.9 Å². The Morgan fingerprint density at radius 1 is 1.10 bits per heavy atom. The van der Waals surface area contributed by atoms with Gasteiger partial charge in [-0.25, -0.2) is 9.59 Å². The Kier molecular flexibility index (Phi) is 6.16. The summed E-state index contributed by atoms with van der Waals surface area (Å²) in [5.41, 5.74) is 3.97. The number of aliphatic carboxylic acids is 1. The topological polar surface area (TPSA) is 109 Å². The summed E-state index contributed by atoms with van der Waals surface area (Å²) in [6, 6.07) is 14.0. The number of imidazole rings is 1. The van der Waals surface area contributed by atoms with Crippen LogP contribution in [0.25, 0.3) is 11.0 Å². The average molecular weight is 423 g/mol. The Labute approximate surface area is 168 Å². The fourth-order valence-corrected chi connectivity index (χ4v) is 3.50. The van der Waals surface area contributed by atoms with Crippen LogP contribution in [0.5, 0.6) is 5.75 Å². The molecule has 4 N–H and O–H groups in total. The zero-order chi connectivity index (χ0) is 21.9. The van der Waals surface area contributed by atoms with Crippen LogP contribution < -0.4 is 5.69 Å². The van der Waals surface area contributed by atoms with Crippen molar-refractivity contribution >= 4 is 17.0 Å². The molecule has 3 aromatic rings. The predicted octanol–water partition coefficient (Wildman–Crippen LogP) is 3.53. The van der Waals surface area contributed by atoms with E-state index in [0.29, 0.717) is 11.8 Å². The lowest BCUT2D eigenvalue weighted by atomic mass is 10.0. The minimum atomic E-state index is -5.08. The molecule has 10 heteroatoms. The summed E-state index contributed by atoms with van der Waals surface area (Å²) in [6.07, 6.45) is -2.78. The number of carboxylic acids is 1. The molecule has 1 aliphatic heterocycles. The molecule has 30 heavy (non-hydrogen) atoms. The number of benzene rings is 2. The molecule has 7 nitrogen and oxygen atoms in total. The number of carbonyl (C=O) groups is 1. The van der Waals surface area contributed by atoms with Crippen LogP contribution >= 0.6 is 0 Å². The SMILES string of the molecule is O=C(O)C(F)(F)F.O=c1[nH]c2ccc(CN3CCCC3c3ccc(O)cc3)cc2[nH]1. The second-order valence-corrected chi connectivity index (χ2v) is 6.98. The van der Waals surface area contributed by atoms with Crippen LogP contribution in [0.4, 0.5) is 13.2 Å². The Hall–Kier alpha value is -3.27. The molecular formula is C20H20F3N3O4. The maximum absolute atomic E-state index is 11.4. The summed E-state index contributed by atoms with van der Waals surface area (Å²) in [6.45, 7) is 1.92. The van der Waals surface area contributed by atoms with Crippen molar-refractivity contribution in [2.75, 3.05) is 6.54 Å². The zero-order valence-electron chi connectivity index (χ0n) is 15.7. The molecule has 1 unspecified atom stereocenters. The second kappa shape index (κ2) is 8.62. The number of nitrogens with one attached hydrogen (secondary N) is 2. The molecule has 0 bridgehead atoms. The van der Waals surface area contributed by atoms with Gasteiger partial charge in [-0.3, -0.25) is 4.90 Å². The summed E-state index contributed by atoms with van der Waals surface area (Å²) in [4.78, 5) is 28.3. The molecule has 4 rings (SSSR count). The molecule has 2 aromatic carbocycles. The number of aromatic amines is 2. The highest BCUT2D eigenvalue weighted by atomic mass is 19.4. The molecular weight excluding hydrogens is 403 g/mol. The Bertz CT molecular complexity index is 1070. The average Bonchev–Trinajstić information content (AvgIpc) is 3.27. The molecule has 160 valence electrons. The fourth-order valence-electron chi connectivity index (χ4n) is 3.50. The number of halogens is 3. The summed E-state index contributed by atoms with van der Waals surface area (Å²) in [7, 11) is 0. The van der Waals surface area contributed by atoms with Gasteiger partial charge in [0.05, 0.1) is 11.0 Å². The van der Waals surface area contributed by atoms with Gasteiger partial charge in [-0.05, 0) is 54.8 Å². The van der Waals surface area contributed by atoms with Crippen molar-refractivity contribution in [1.29, 1.82) is 0 Å². The van der Waals surface area contributed by atoms with Crippen molar-refractivity contribution in [3.8, 4) is 5.75 Å². The van der Waals surface area contributed by atoms with E-state index in [1.807, 2.05) is 24.3 Å². The normalized spacial score (nSPS) is 17.0. The standard InChI is InChI=1S/C18H19N3O2.C2HF3O2/c22-14-6-4-13(5-7-14)17-2-1-9-21(17)11-12-3-8-15-16(10-12)20-18(23)19-15;3-2(4,5)1(6)7/h3-8,10,17,22H,1-2,9,11H2,(H2,19,20,23);(H,6,7). The quantitative estimate of drug-likeness (QED) is 0.515.